The fourth-order valence-corrected chi connectivity index (χ4v) is 1.00. The van der Waals surface area contributed by atoms with Gasteiger partial charge >= 0.3 is 6.09 Å². The Morgan fingerprint density at radius 1 is 1.38 bits per heavy atom. The molecule has 0 aliphatic rings. The number of hydrogen-bond donors (Lipinski definition) is 2. The van der Waals surface area contributed by atoms with E-state index in [1.165, 1.54) is 0 Å². The summed E-state index contributed by atoms with van der Waals surface area (Å²) in [4.78, 5) is 10.3. The third kappa shape index (κ3) is 2.76. The molecule has 0 unspecified atom stereocenters. The first-order valence-electron chi connectivity index (χ1n) is 3.84. The van der Waals surface area contributed by atoms with Crippen molar-refractivity contribution in [2.75, 3.05) is 0 Å². The Labute approximate surface area is 75.9 Å². The van der Waals surface area contributed by atoms with Crippen LogP contribution in [0, 0.1) is 0 Å². The van der Waals surface area contributed by atoms with Crippen LogP contribution in [0.2, 0.25) is 0 Å². The minimum atomic E-state index is -0.812. The summed E-state index contributed by atoms with van der Waals surface area (Å²) in [7, 11) is 0. The largest absolute Gasteiger partial charge is 0.445 e. The van der Waals surface area contributed by atoms with Crippen molar-refractivity contribution in [1.82, 2.24) is 0 Å². The van der Waals surface area contributed by atoms with Crippen LogP contribution >= 0.6 is 0 Å². The van der Waals surface area contributed by atoms with E-state index in [9.17, 15) is 4.79 Å². The van der Waals surface area contributed by atoms with Crippen LogP contribution in [-0.2, 0) is 18.0 Å². The van der Waals surface area contributed by atoms with E-state index in [0.717, 1.165) is 11.1 Å². The highest BCUT2D eigenvalue weighted by Crippen LogP contribution is 2.09. The molecule has 0 saturated carbocycles. The number of aliphatic hydroxyl groups is 1. The second kappa shape index (κ2) is 4.47. The molecule has 0 bridgehead atoms. The molecule has 0 aromatic heterocycles. The van der Waals surface area contributed by atoms with Crippen molar-refractivity contribution in [3.63, 3.8) is 0 Å². The first-order valence-corrected chi connectivity index (χ1v) is 3.84. The third-order valence-electron chi connectivity index (χ3n) is 1.66. The number of nitrogens with two attached hydrogens (primary N) is 1. The minimum Gasteiger partial charge on any atom is -0.445 e. The van der Waals surface area contributed by atoms with E-state index in [0.29, 0.717) is 0 Å². The Hall–Kier alpha value is -1.55. The molecule has 4 heteroatoms. The Morgan fingerprint density at radius 2 is 2.00 bits per heavy atom. The number of hydrogen-bond acceptors (Lipinski definition) is 3. The molecule has 0 saturated heterocycles. The van der Waals surface area contributed by atoms with Crippen molar-refractivity contribution in [1.29, 1.82) is 0 Å². The van der Waals surface area contributed by atoms with E-state index in [4.69, 9.17) is 10.8 Å². The second-order valence-electron chi connectivity index (χ2n) is 2.53. The Balaban J connectivity index is 2.69. The molecule has 0 fully saturated rings. The van der Waals surface area contributed by atoms with Gasteiger partial charge in [-0.1, -0.05) is 24.3 Å². The van der Waals surface area contributed by atoms with E-state index in [-0.39, 0.29) is 13.2 Å². The average Bonchev–Trinajstić information content (AvgIpc) is 2.15. The van der Waals surface area contributed by atoms with Crippen molar-refractivity contribution < 1.29 is 14.6 Å². The molecule has 0 aliphatic heterocycles. The van der Waals surface area contributed by atoms with Crippen LogP contribution < -0.4 is 5.73 Å². The Bertz CT molecular complexity index is 299. The van der Waals surface area contributed by atoms with Crippen LogP contribution in [0.3, 0.4) is 0 Å². The normalized spacial score (nSPS) is 9.62. The van der Waals surface area contributed by atoms with Gasteiger partial charge in [-0.15, -0.1) is 0 Å². The van der Waals surface area contributed by atoms with Crippen molar-refractivity contribution >= 4 is 6.09 Å². The molecular formula is C9H11NO3. The number of aliphatic hydroxyl groups excluding tert-OH is 1. The summed E-state index contributed by atoms with van der Waals surface area (Å²) in [5.41, 5.74) is 6.32. The lowest BCUT2D eigenvalue weighted by molar-refractivity contribution is 0.149. The van der Waals surface area contributed by atoms with Gasteiger partial charge in [0.15, 0.2) is 0 Å². The van der Waals surface area contributed by atoms with Crippen molar-refractivity contribution in [3.05, 3.63) is 35.4 Å². The van der Waals surface area contributed by atoms with E-state index in [1.807, 2.05) is 0 Å². The van der Waals surface area contributed by atoms with Gasteiger partial charge in [0.1, 0.15) is 6.61 Å². The molecule has 0 heterocycles. The molecule has 1 rings (SSSR count). The van der Waals surface area contributed by atoms with Crippen molar-refractivity contribution in [2.24, 2.45) is 5.73 Å². The van der Waals surface area contributed by atoms with Crippen LogP contribution in [0.15, 0.2) is 24.3 Å². The lowest BCUT2D eigenvalue weighted by atomic mass is 10.1. The maximum atomic E-state index is 10.3. The molecule has 1 aromatic rings. The maximum Gasteiger partial charge on any atom is 0.404 e. The summed E-state index contributed by atoms with van der Waals surface area (Å²) in [6.45, 7) is 0.0321. The Kier molecular flexibility index (Phi) is 3.28. The zero-order chi connectivity index (χ0) is 9.68. The van der Waals surface area contributed by atoms with Gasteiger partial charge in [0.25, 0.3) is 0 Å². The third-order valence-corrected chi connectivity index (χ3v) is 1.66. The van der Waals surface area contributed by atoms with Crippen molar-refractivity contribution in [3.8, 4) is 0 Å². The highest BCUT2D eigenvalue weighted by molar-refractivity contribution is 5.64. The number of carbonyl (C=O) groups is 1. The maximum absolute atomic E-state index is 10.3. The topological polar surface area (TPSA) is 72.6 Å². The lowest BCUT2D eigenvalue weighted by Crippen LogP contribution is -2.13. The van der Waals surface area contributed by atoms with Gasteiger partial charge in [-0.25, -0.2) is 4.79 Å². The molecule has 0 spiro atoms. The molecule has 4 nitrogen and oxygen atoms in total. The summed E-state index contributed by atoms with van der Waals surface area (Å²) in [5, 5.41) is 8.91. The fourth-order valence-electron chi connectivity index (χ4n) is 1.00. The molecule has 0 atom stereocenters. The van der Waals surface area contributed by atoms with Crippen molar-refractivity contribution in [2.45, 2.75) is 13.2 Å². The number of carbonyl (C=O) groups excluding carboxylic acids is 1. The van der Waals surface area contributed by atoms with E-state index >= 15 is 0 Å². The standard InChI is InChI=1S/C9H11NO3/c10-9(12)13-6-8-4-2-1-3-7(8)5-11/h1-4,11H,5-6H2,(H2,10,12). The van der Waals surface area contributed by atoms with Crippen LogP contribution in [-0.4, -0.2) is 11.2 Å². The van der Waals surface area contributed by atoms with E-state index < -0.39 is 6.09 Å². The predicted molar refractivity (Wildman–Crippen MR) is 46.7 cm³/mol. The zero-order valence-electron chi connectivity index (χ0n) is 7.06. The highest BCUT2D eigenvalue weighted by Gasteiger charge is 2.01. The summed E-state index contributed by atoms with van der Waals surface area (Å²) in [6, 6.07) is 7.15. The van der Waals surface area contributed by atoms with Gasteiger partial charge in [0, 0.05) is 0 Å². The number of rotatable bonds is 3. The lowest BCUT2D eigenvalue weighted by Gasteiger charge is -2.05. The predicted octanol–water partition coefficient (Wildman–Crippen LogP) is 0.774. The fraction of sp³-hybridized carbons (Fsp3) is 0.222. The van der Waals surface area contributed by atoms with Gasteiger partial charge in [-0.05, 0) is 11.1 Å². The number of amides is 1. The van der Waals surface area contributed by atoms with Gasteiger partial charge in [0.2, 0.25) is 0 Å². The first kappa shape index (κ1) is 9.54. The van der Waals surface area contributed by atoms with Crippen LogP contribution in [0.5, 0.6) is 0 Å². The smallest absolute Gasteiger partial charge is 0.404 e. The molecule has 1 amide bonds. The van der Waals surface area contributed by atoms with Gasteiger partial charge in [-0.2, -0.15) is 0 Å². The van der Waals surface area contributed by atoms with Gasteiger partial charge < -0.3 is 15.6 Å². The van der Waals surface area contributed by atoms with Gasteiger partial charge in [0.05, 0.1) is 6.61 Å². The zero-order valence-corrected chi connectivity index (χ0v) is 7.06. The molecule has 0 aliphatic carbocycles. The SMILES string of the molecule is NC(=O)OCc1ccccc1CO. The summed E-state index contributed by atoms with van der Waals surface area (Å²) in [6.07, 6.45) is -0.812. The van der Waals surface area contributed by atoms with Crippen LogP contribution in [0.1, 0.15) is 11.1 Å². The first-order chi connectivity index (χ1) is 6.24. The van der Waals surface area contributed by atoms with Crippen LogP contribution in [0.25, 0.3) is 0 Å². The molecule has 1 aromatic carbocycles. The molecule has 3 N–H and O–H groups in total. The number of benzene rings is 1. The highest BCUT2D eigenvalue weighted by atomic mass is 16.5. The average molecular weight is 181 g/mol. The summed E-state index contributed by atoms with van der Waals surface area (Å²) >= 11 is 0. The number of primary amides is 1. The minimum absolute atomic E-state index is 0.0711. The molecule has 13 heavy (non-hydrogen) atoms. The molecular weight excluding hydrogens is 170 g/mol. The van der Waals surface area contributed by atoms with Crippen LogP contribution in [0.4, 0.5) is 4.79 Å². The van der Waals surface area contributed by atoms with E-state index in [2.05, 4.69) is 4.74 Å². The summed E-state index contributed by atoms with van der Waals surface area (Å²) < 4.78 is 4.60. The number of ether oxygens (including phenoxy) is 1. The van der Waals surface area contributed by atoms with E-state index in [1.54, 1.807) is 24.3 Å². The molecule has 0 radical (unpaired) electrons. The molecule has 70 valence electrons. The summed E-state index contributed by atoms with van der Waals surface area (Å²) in [5.74, 6) is 0. The Morgan fingerprint density at radius 3 is 2.54 bits per heavy atom. The second-order valence-corrected chi connectivity index (χ2v) is 2.53. The monoisotopic (exact) mass is 181 g/mol. The van der Waals surface area contributed by atoms with Gasteiger partial charge in [-0.3, -0.25) is 0 Å². The quantitative estimate of drug-likeness (QED) is 0.723.